The van der Waals surface area contributed by atoms with Crippen molar-refractivity contribution in [2.24, 2.45) is 0 Å². The fourth-order valence-corrected chi connectivity index (χ4v) is 2.89. The van der Waals surface area contributed by atoms with Crippen LogP contribution in [0.5, 0.6) is 0 Å². The summed E-state index contributed by atoms with van der Waals surface area (Å²) in [7, 11) is 0. The molecule has 0 spiro atoms. The average molecular weight is 297 g/mol. The molecule has 1 aliphatic rings. The first-order valence-electron chi connectivity index (χ1n) is 7.06. The van der Waals surface area contributed by atoms with E-state index in [1.807, 2.05) is 0 Å². The highest BCUT2D eigenvalue weighted by Crippen LogP contribution is 2.26. The molecule has 4 N–H and O–H groups in total. The number of benzene rings is 1. The van der Waals surface area contributed by atoms with Gasteiger partial charge in [0, 0.05) is 12.2 Å². The maximum Gasteiger partial charge on any atom is 0.252 e. The Hall–Kier alpha value is -1.26. The third-order valence-corrected chi connectivity index (χ3v) is 4.16. The maximum atomic E-state index is 12.1. The topological polar surface area (TPSA) is 75.4 Å². The first kappa shape index (κ1) is 15.1. The van der Waals surface area contributed by atoms with E-state index in [0.717, 1.165) is 38.5 Å². The minimum atomic E-state index is -0.785. The minimum Gasteiger partial charge on any atom is -0.399 e. The highest BCUT2D eigenvalue weighted by Gasteiger charge is 2.28. The number of carbonyl (C=O) groups is 1. The normalized spacial score (nSPS) is 18.3. The summed E-state index contributed by atoms with van der Waals surface area (Å²) in [6.45, 7) is 0.270. The SMILES string of the molecule is Nc1ccc(C(=O)NCC2(O)CCCCCC2)c(Cl)c1. The zero-order chi connectivity index (χ0) is 14.6. The van der Waals surface area contributed by atoms with Gasteiger partial charge >= 0.3 is 0 Å². The second-order valence-electron chi connectivity index (χ2n) is 5.56. The summed E-state index contributed by atoms with van der Waals surface area (Å²) in [5, 5.41) is 13.6. The van der Waals surface area contributed by atoms with Crippen LogP contribution in [0.1, 0.15) is 48.9 Å². The number of amides is 1. The van der Waals surface area contributed by atoms with Crippen LogP contribution < -0.4 is 11.1 Å². The molecule has 1 aliphatic carbocycles. The van der Waals surface area contributed by atoms with Crippen LogP contribution in [0.25, 0.3) is 0 Å². The van der Waals surface area contributed by atoms with E-state index in [1.54, 1.807) is 18.2 Å². The summed E-state index contributed by atoms with van der Waals surface area (Å²) in [4.78, 5) is 12.1. The summed E-state index contributed by atoms with van der Waals surface area (Å²) in [6, 6.07) is 4.79. The molecule has 4 nitrogen and oxygen atoms in total. The Morgan fingerprint density at radius 2 is 1.95 bits per heavy atom. The highest BCUT2D eigenvalue weighted by molar-refractivity contribution is 6.34. The number of hydrogen-bond acceptors (Lipinski definition) is 3. The largest absolute Gasteiger partial charge is 0.399 e. The quantitative estimate of drug-likeness (QED) is 0.593. The number of hydrogen-bond donors (Lipinski definition) is 3. The van der Waals surface area contributed by atoms with Crippen molar-refractivity contribution in [3.05, 3.63) is 28.8 Å². The number of anilines is 1. The molecule has 1 aromatic carbocycles. The van der Waals surface area contributed by atoms with Crippen LogP contribution >= 0.6 is 11.6 Å². The van der Waals surface area contributed by atoms with Gasteiger partial charge in [0.15, 0.2) is 0 Å². The number of rotatable bonds is 3. The predicted molar refractivity (Wildman–Crippen MR) is 80.8 cm³/mol. The zero-order valence-electron chi connectivity index (χ0n) is 11.5. The van der Waals surface area contributed by atoms with Gasteiger partial charge in [-0.2, -0.15) is 0 Å². The van der Waals surface area contributed by atoms with Gasteiger partial charge in [0.1, 0.15) is 0 Å². The third kappa shape index (κ3) is 3.87. The van der Waals surface area contributed by atoms with Crippen LogP contribution in [-0.2, 0) is 0 Å². The highest BCUT2D eigenvalue weighted by atomic mass is 35.5. The average Bonchev–Trinajstić information content (AvgIpc) is 2.61. The molecule has 20 heavy (non-hydrogen) atoms. The van der Waals surface area contributed by atoms with Crippen molar-refractivity contribution in [3.8, 4) is 0 Å². The van der Waals surface area contributed by atoms with Crippen LogP contribution in [0.2, 0.25) is 5.02 Å². The van der Waals surface area contributed by atoms with Crippen molar-refractivity contribution >= 4 is 23.2 Å². The summed E-state index contributed by atoms with van der Waals surface area (Å²) in [5.74, 6) is -0.271. The van der Waals surface area contributed by atoms with Gasteiger partial charge in [-0.05, 0) is 31.0 Å². The van der Waals surface area contributed by atoms with Crippen molar-refractivity contribution in [1.29, 1.82) is 0 Å². The third-order valence-electron chi connectivity index (χ3n) is 3.85. The van der Waals surface area contributed by atoms with Gasteiger partial charge < -0.3 is 16.2 Å². The van der Waals surface area contributed by atoms with Crippen LogP contribution in [-0.4, -0.2) is 23.2 Å². The van der Waals surface area contributed by atoms with E-state index in [4.69, 9.17) is 17.3 Å². The lowest BCUT2D eigenvalue weighted by Crippen LogP contribution is -2.42. The lowest BCUT2D eigenvalue weighted by molar-refractivity contribution is 0.0246. The molecule has 0 bridgehead atoms. The standard InChI is InChI=1S/C15H21ClN2O2/c16-13-9-11(17)5-6-12(13)14(19)18-10-15(20)7-3-1-2-4-8-15/h5-6,9,20H,1-4,7-8,10,17H2,(H,18,19). The smallest absolute Gasteiger partial charge is 0.252 e. The molecule has 0 radical (unpaired) electrons. The Kier molecular flexibility index (Phi) is 4.89. The Balaban J connectivity index is 1.97. The zero-order valence-corrected chi connectivity index (χ0v) is 12.2. The minimum absolute atomic E-state index is 0.270. The van der Waals surface area contributed by atoms with E-state index in [9.17, 15) is 9.90 Å². The molecule has 1 saturated carbocycles. The molecule has 0 atom stereocenters. The Bertz CT molecular complexity index is 483. The molecule has 0 unspecified atom stereocenters. The van der Waals surface area contributed by atoms with Gasteiger partial charge in [-0.25, -0.2) is 0 Å². The van der Waals surface area contributed by atoms with Crippen molar-refractivity contribution in [3.63, 3.8) is 0 Å². The molecule has 110 valence electrons. The summed E-state index contributed by atoms with van der Waals surface area (Å²) >= 11 is 6.00. The molecule has 5 heteroatoms. The number of carbonyl (C=O) groups excluding carboxylic acids is 1. The number of nitrogens with two attached hydrogens (primary N) is 1. The van der Waals surface area contributed by atoms with Gasteiger partial charge in [-0.1, -0.05) is 37.3 Å². The monoisotopic (exact) mass is 296 g/mol. The van der Waals surface area contributed by atoms with Crippen molar-refractivity contribution < 1.29 is 9.90 Å². The number of nitrogen functional groups attached to an aromatic ring is 1. The molecule has 2 rings (SSSR count). The second-order valence-corrected chi connectivity index (χ2v) is 5.97. The lowest BCUT2D eigenvalue weighted by atomic mass is 9.94. The summed E-state index contributed by atoms with van der Waals surface area (Å²) in [5.41, 5.74) is 5.72. The van der Waals surface area contributed by atoms with Gasteiger partial charge in [0.2, 0.25) is 0 Å². The summed E-state index contributed by atoms with van der Waals surface area (Å²) < 4.78 is 0. The van der Waals surface area contributed by atoms with Gasteiger partial charge in [0.25, 0.3) is 5.91 Å². The fourth-order valence-electron chi connectivity index (χ4n) is 2.62. The van der Waals surface area contributed by atoms with E-state index in [1.165, 1.54) is 0 Å². The maximum absolute atomic E-state index is 12.1. The van der Waals surface area contributed by atoms with Crippen LogP contribution in [0.4, 0.5) is 5.69 Å². The van der Waals surface area contributed by atoms with E-state index in [2.05, 4.69) is 5.32 Å². The number of halogens is 1. The van der Waals surface area contributed by atoms with E-state index < -0.39 is 5.60 Å². The Morgan fingerprint density at radius 3 is 2.55 bits per heavy atom. The molecule has 1 aromatic rings. The number of aliphatic hydroxyl groups is 1. The van der Waals surface area contributed by atoms with Gasteiger partial charge in [0.05, 0.1) is 16.2 Å². The molecular weight excluding hydrogens is 276 g/mol. The van der Waals surface area contributed by atoms with Crippen LogP contribution in [0.15, 0.2) is 18.2 Å². The number of nitrogens with one attached hydrogen (secondary N) is 1. The Morgan fingerprint density at radius 1 is 1.30 bits per heavy atom. The Labute approximate surface area is 124 Å². The fraction of sp³-hybridized carbons (Fsp3) is 0.533. The molecule has 0 heterocycles. The first-order valence-corrected chi connectivity index (χ1v) is 7.44. The molecule has 1 fully saturated rings. The van der Waals surface area contributed by atoms with Crippen molar-refractivity contribution in [2.45, 2.75) is 44.1 Å². The molecule has 0 aromatic heterocycles. The summed E-state index contributed by atoms with van der Waals surface area (Å²) in [6.07, 6.45) is 5.80. The molecule has 0 aliphatic heterocycles. The molecule has 1 amide bonds. The van der Waals surface area contributed by atoms with Crippen molar-refractivity contribution in [2.75, 3.05) is 12.3 Å². The van der Waals surface area contributed by atoms with Gasteiger partial charge in [-0.15, -0.1) is 0 Å². The van der Waals surface area contributed by atoms with Crippen LogP contribution in [0, 0.1) is 0 Å². The van der Waals surface area contributed by atoms with Gasteiger partial charge in [-0.3, -0.25) is 4.79 Å². The van der Waals surface area contributed by atoms with E-state index >= 15 is 0 Å². The van der Waals surface area contributed by atoms with Crippen molar-refractivity contribution in [1.82, 2.24) is 5.32 Å². The van der Waals surface area contributed by atoms with E-state index in [-0.39, 0.29) is 12.5 Å². The lowest BCUT2D eigenvalue weighted by Gasteiger charge is -2.26. The molecule has 0 saturated heterocycles. The van der Waals surface area contributed by atoms with E-state index in [0.29, 0.717) is 16.3 Å². The predicted octanol–water partition coefficient (Wildman–Crippen LogP) is 2.74. The van der Waals surface area contributed by atoms with Crippen LogP contribution in [0.3, 0.4) is 0 Å². The first-order chi connectivity index (χ1) is 9.50. The molecular formula is C15H21ClN2O2. The second kappa shape index (κ2) is 6.46.